The molecular formula is C43H63NO4S. The summed E-state index contributed by atoms with van der Waals surface area (Å²) in [5.74, 6) is 3.43. The number of carboxylic acid groups (broad SMARTS) is 1. The zero-order chi connectivity index (χ0) is 35.2. The van der Waals surface area contributed by atoms with Crippen LogP contribution in [0.15, 0.2) is 42.5 Å². The fourth-order valence-electron chi connectivity index (χ4n) is 14.2. The number of nitrogens with one attached hydrogen (secondary N) is 1. The van der Waals surface area contributed by atoms with Gasteiger partial charge in [-0.2, -0.15) is 0 Å². The Labute approximate surface area is 297 Å². The second kappa shape index (κ2) is 12.1. The molecule has 1 saturated heterocycles. The molecule has 1 aliphatic heterocycles. The van der Waals surface area contributed by atoms with E-state index in [-0.39, 0.29) is 27.2 Å². The first-order chi connectivity index (χ1) is 23.0. The van der Waals surface area contributed by atoms with Crippen molar-refractivity contribution in [1.82, 2.24) is 5.32 Å². The summed E-state index contributed by atoms with van der Waals surface area (Å²) in [7, 11) is -2.81. The van der Waals surface area contributed by atoms with Gasteiger partial charge in [0, 0.05) is 5.54 Å². The maximum absolute atomic E-state index is 12.0. The van der Waals surface area contributed by atoms with Crippen LogP contribution in [-0.2, 0) is 9.84 Å². The molecule has 5 aliphatic carbocycles. The molecule has 7 rings (SSSR count). The summed E-state index contributed by atoms with van der Waals surface area (Å²) in [5, 5.41) is 13.7. The maximum Gasteiger partial charge on any atom is 0.335 e. The Balaban J connectivity index is 1.14. The normalized spacial score (nSPS) is 43.4. The van der Waals surface area contributed by atoms with Crippen molar-refractivity contribution in [2.45, 2.75) is 124 Å². The fourth-order valence-corrected chi connectivity index (χ4v) is 16.1. The Morgan fingerprint density at radius 3 is 2.31 bits per heavy atom. The van der Waals surface area contributed by atoms with Crippen LogP contribution in [0.4, 0.5) is 0 Å². The molecule has 0 bridgehead atoms. The van der Waals surface area contributed by atoms with Gasteiger partial charge in [-0.25, -0.2) is 13.2 Å². The third kappa shape index (κ3) is 5.46. The van der Waals surface area contributed by atoms with Crippen LogP contribution in [0.25, 0.3) is 5.57 Å². The van der Waals surface area contributed by atoms with Crippen molar-refractivity contribution in [2.24, 2.45) is 57.2 Å². The average molecular weight is 690 g/mol. The highest BCUT2D eigenvalue weighted by atomic mass is 32.2. The largest absolute Gasteiger partial charge is 0.478 e. The van der Waals surface area contributed by atoms with Gasteiger partial charge in [0.05, 0.1) is 17.1 Å². The summed E-state index contributed by atoms with van der Waals surface area (Å²) < 4.78 is 24.1. The van der Waals surface area contributed by atoms with Gasteiger partial charge in [0.15, 0.2) is 9.84 Å². The van der Waals surface area contributed by atoms with Crippen molar-refractivity contribution in [3.05, 3.63) is 53.6 Å². The number of rotatable bonds is 8. The zero-order valence-electron chi connectivity index (χ0n) is 31.2. The summed E-state index contributed by atoms with van der Waals surface area (Å²) in [5.41, 5.74) is 5.31. The number of allylic oxidation sites excluding steroid dienone is 3. The molecule has 1 aromatic carbocycles. The second-order valence-corrected chi connectivity index (χ2v) is 21.3. The van der Waals surface area contributed by atoms with Gasteiger partial charge in [-0.1, -0.05) is 65.0 Å². The molecule has 5 nitrogen and oxygen atoms in total. The fraction of sp³-hybridized carbons (Fsp3) is 0.744. The number of benzene rings is 1. The minimum atomic E-state index is -2.81. The van der Waals surface area contributed by atoms with Gasteiger partial charge >= 0.3 is 5.97 Å². The Kier molecular flexibility index (Phi) is 8.74. The summed E-state index contributed by atoms with van der Waals surface area (Å²) in [4.78, 5) is 11.5. The number of hydrogen-bond acceptors (Lipinski definition) is 4. The van der Waals surface area contributed by atoms with E-state index in [1.165, 1.54) is 68.1 Å². The van der Waals surface area contributed by atoms with E-state index in [0.29, 0.717) is 52.6 Å². The quantitative estimate of drug-likeness (QED) is 0.210. The van der Waals surface area contributed by atoms with Crippen LogP contribution in [-0.4, -0.2) is 43.1 Å². The lowest BCUT2D eigenvalue weighted by Crippen LogP contribution is -2.68. The monoisotopic (exact) mass is 689 g/mol. The van der Waals surface area contributed by atoms with E-state index in [1.807, 2.05) is 12.1 Å². The third-order valence-corrected chi connectivity index (χ3v) is 18.5. The lowest BCUT2D eigenvalue weighted by molar-refractivity contribution is -0.219. The molecular weight excluding hydrogens is 627 g/mol. The van der Waals surface area contributed by atoms with Crippen LogP contribution in [0.5, 0.6) is 0 Å². The van der Waals surface area contributed by atoms with Gasteiger partial charge in [0.25, 0.3) is 0 Å². The van der Waals surface area contributed by atoms with Gasteiger partial charge in [-0.15, -0.1) is 0 Å². The van der Waals surface area contributed by atoms with Crippen LogP contribution in [0.2, 0.25) is 0 Å². The number of carbonyl (C=O) groups is 1. The molecule has 0 aromatic heterocycles. The molecule has 6 heteroatoms. The van der Waals surface area contributed by atoms with E-state index in [0.717, 1.165) is 32.2 Å². The minimum Gasteiger partial charge on any atom is -0.478 e. The first-order valence-corrected chi connectivity index (χ1v) is 21.4. The van der Waals surface area contributed by atoms with E-state index in [2.05, 4.69) is 59.5 Å². The van der Waals surface area contributed by atoms with E-state index in [9.17, 15) is 18.3 Å². The van der Waals surface area contributed by atoms with Gasteiger partial charge in [0.1, 0.15) is 0 Å². The molecule has 1 unspecified atom stereocenters. The molecule has 2 N–H and O–H groups in total. The highest BCUT2D eigenvalue weighted by Gasteiger charge is 2.70. The molecule has 0 radical (unpaired) electrons. The zero-order valence-corrected chi connectivity index (χ0v) is 32.1. The highest BCUT2D eigenvalue weighted by molar-refractivity contribution is 7.91. The van der Waals surface area contributed by atoms with E-state index < -0.39 is 15.8 Å². The number of hydrogen-bond donors (Lipinski definition) is 2. The van der Waals surface area contributed by atoms with Crippen molar-refractivity contribution in [2.75, 3.05) is 18.1 Å². The van der Waals surface area contributed by atoms with E-state index in [1.54, 1.807) is 12.1 Å². The summed E-state index contributed by atoms with van der Waals surface area (Å²) >= 11 is 0. The molecule has 4 saturated carbocycles. The standard InChI is InChI=1S/C43H63NO4S/c1-28(2)32-16-22-43(44-25-8-9-29-19-26-49(47,48)27-29)24-23-41(6)34(37(32)43)14-15-36-40(5)20-17-33(30-10-12-31(13-11-30)38(45)46)39(3,4)35(40)18-21-42(36,41)7/h10-13,17,29,32,34-37,44H,1,8-9,14-16,18-27H2,2-7H3,(H,45,46)/t29?,32-,34+,35-,36+,37+,40-,41+,42+,43-/m0/s1. The van der Waals surface area contributed by atoms with Crippen molar-refractivity contribution >= 4 is 21.4 Å². The first kappa shape index (κ1) is 35.5. The van der Waals surface area contributed by atoms with Crippen LogP contribution < -0.4 is 5.32 Å². The Hall–Kier alpha value is -1.92. The van der Waals surface area contributed by atoms with Crippen LogP contribution in [0, 0.1) is 57.2 Å². The predicted molar refractivity (Wildman–Crippen MR) is 200 cm³/mol. The predicted octanol–water partition coefficient (Wildman–Crippen LogP) is 9.59. The lowest BCUT2D eigenvalue weighted by Gasteiger charge is -2.72. The van der Waals surface area contributed by atoms with Gasteiger partial charge in [0.2, 0.25) is 0 Å². The van der Waals surface area contributed by atoms with Crippen LogP contribution >= 0.6 is 0 Å². The lowest BCUT2D eigenvalue weighted by atomic mass is 9.33. The molecule has 0 amide bonds. The molecule has 6 aliphatic rings. The van der Waals surface area contributed by atoms with Gasteiger partial charge in [-0.05, 0) is 171 Å². The number of sulfone groups is 1. The van der Waals surface area contributed by atoms with Crippen LogP contribution in [0.3, 0.4) is 0 Å². The summed E-state index contributed by atoms with van der Waals surface area (Å²) in [6, 6.07) is 7.59. The van der Waals surface area contributed by atoms with Crippen molar-refractivity contribution < 1.29 is 18.3 Å². The molecule has 1 heterocycles. The van der Waals surface area contributed by atoms with E-state index >= 15 is 0 Å². The smallest absolute Gasteiger partial charge is 0.335 e. The molecule has 5 fully saturated rings. The minimum absolute atomic E-state index is 0.0155. The number of fused-ring (bicyclic) bond motifs is 7. The van der Waals surface area contributed by atoms with Crippen LogP contribution in [0.1, 0.15) is 135 Å². The van der Waals surface area contributed by atoms with Gasteiger partial charge in [-0.3, -0.25) is 0 Å². The SMILES string of the molecule is C=C(C)[C@@H]1CC[C@]2(NCCCC3CCS(=O)(=O)C3)CC[C@]3(C)[C@H](CC[C@@H]4[C@@]5(C)CC=C(c6ccc(C(=O)O)cc6)C(C)(C)[C@@H]5CC[C@]43C)[C@@H]12. The summed E-state index contributed by atoms with van der Waals surface area (Å²) in [6.45, 7) is 20.9. The highest BCUT2D eigenvalue weighted by Crippen LogP contribution is 2.76. The van der Waals surface area contributed by atoms with Crippen molar-refractivity contribution in [3.63, 3.8) is 0 Å². The molecule has 10 atom stereocenters. The average Bonchev–Trinajstić information content (AvgIpc) is 3.59. The molecule has 1 aromatic rings. The Morgan fingerprint density at radius 1 is 0.918 bits per heavy atom. The summed E-state index contributed by atoms with van der Waals surface area (Å²) in [6.07, 6.45) is 16.8. The van der Waals surface area contributed by atoms with Crippen molar-refractivity contribution in [1.29, 1.82) is 0 Å². The second-order valence-electron chi connectivity index (χ2n) is 19.1. The third-order valence-electron chi connectivity index (χ3n) is 16.7. The molecule has 49 heavy (non-hydrogen) atoms. The van der Waals surface area contributed by atoms with E-state index in [4.69, 9.17) is 0 Å². The molecule has 0 spiro atoms. The number of aromatic carboxylic acids is 1. The van der Waals surface area contributed by atoms with Crippen molar-refractivity contribution in [3.8, 4) is 0 Å². The topological polar surface area (TPSA) is 83.5 Å². The Morgan fingerprint density at radius 2 is 1.65 bits per heavy atom. The maximum atomic E-state index is 12.0. The Bertz CT molecular complexity index is 1630. The number of carboxylic acids is 1. The first-order valence-electron chi connectivity index (χ1n) is 19.6. The molecule has 270 valence electrons. The van der Waals surface area contributed by atoms with Gasteiger partial charge < -0.3 is 10.4 Å².